The molecule has 1 heterocycles. The summed E-state index contributed by atoms with van der Waals surface area (Å²) in [6.07, 6.45) is 0. The Bertz CT molecular complexity index is 510. The third kappa shape index (κ3) is 1.78. The zero-order valence-corrected chi connectivity index (χ0v) is 8.90. The number of halogens is 3. The van der Waals surface area contributed by atoms with Gasteiger partial charge in [0.25, 0.3) is 0 Å². The lowest BCUT2D eigenvalue weighted by Gasteiger charge is -2.00. The molecule has 0 fully saturated rings. The minimum atomic E-state index is -0.589. The quantitative estimate of drug-likeness (QED) is 0.812. The fraction of sp³-hybridized carbons (Fsp3) is 0. The molecule has 2 rings (SSSR count). The van der Waals surface area contributed by atoms with E-state index in [-0.39, 0.29) is 11.5 Å². The SMILES string of the molecule is Nc1n[nH]c(-c2ccc(Cl)c(Cl)c2)c1F. The van der Waals surface area contributed by atoms with Crippen LogP contribution < -0.4 is 5.73 Å². The predicted molar refractivity (Wildman–Crippen MR) is 58.4 cm³/mol. The van der Waals surface area contributed by atoms with Crippen molar-refractivity contribution in [3.63, 3.8) is 0 Å². The molecule has 0 unspecified atom stereocenters. The third-order valence-corrected chi connectivity index (χ3v) is 2.68. The Kier molecular flexibility index (Phi) is 2.54. The Hall–Kier alpha value is -1.26. The zero-order valence-electron chi connectivity index (χ0n) is 7.39. The summed E-state index contributed by atoms with van der Waals surface area (Å²) >= 11 is 11.5. The van der Waals surface area contributed by atoms with Gasteiger partial charge < -0.3 is 5.73 Å². The van der Waals surface area contributed by atoms with Crippen LogP contribution in [0.5, 0.6) is 0 Å². The van der Waals surface area contributed by atoms with Gasteiger partial charge in [0.1, 0.15) is 5.69 Å². The molecular weight excluding hydrogens is 240 g/mol. The van der Waals surface area contributed by atoms with Gasteiger partial charge in [-0.25, -0.2) is 4.39 Å². The van der Waals surface area contributed by atoms with E-state index in [1.54, 1.807) is 18.2 Å². The van der Waals surface area contributed by atoms with Crippen LogP contribution in [0.2, 0.25) is 10.0 Å². The van der Waals surface area contributed by atoms with Crippen molar-refractivity contribution in [2.24, 2.45) is 0 Å². The molecular formula is C9H6Cl2FN3. The average Bonchev–Trinajstić information content (AvgIpc) is 2.53. The first-order valence-corrected chi connectivity index (χ1v) is 4.80. The van der Waals surface area contributed by atoms with Gasteiger partial charge in [0, 0.05) is 5.56 Å². The van der Waals surface area contributed by atoms with E-state index in [1.807, 2.05) is 0 Å². The second kappa shape index (κ2) is 3.72. The lowest BCUT2D eigenvalue weighted by Crippen LogP contribution is -1.87. The number of nitrogens with two attached hydrogens (primary N) is 1. The Balaban J connectivity index is 2.55. The minimum Gasteiger partial charge on any atom is -0.380 e. The summed E-state index contributed by atoms with van der Waals surface area (Å²) in [5, 5.41) is 6.79. The van der Waals surface area contributed by atoms with E-state index >= 15 is 0 Å². The normalized spacial score (nSPS) is 10.6. The maximum atomic E-state index is 13.4. The molecule has 1 aromatic heterocycles. The van der Waals surface area contributed by atoms with Crippen molar-refractivity contribution in [2.75, 3.05) is 5.73 Å². The molecule has 2 aromatic rings. The van der Waals surface area contributed by atoms with Crippen LogP contribution >= 0.6 is 23.2 Å². The molecule has 0 saturated heterocycles. The van der Waals surface area contributed by atoms with Crippen molar-refractivity contribution in [2.45, 2.75) is 0 Å². The van der Waals surface area contributed by atoms with Crippen LogP contribution in [0.4, 0.5) is 10.2 Å². The van der Waals surface area contributed by atoms with E-state index in [0.717, 1.165) is 0 Å². The van der Waals surface area contributed by atoms with Crippen molar-refractivity contribution in [3.05, 3.63) is 34.1 Å². The highest BCUT2D eigenvalue weighted by molar-refractivity contribution is 6.42. The summed E-state index contributed by atoms with van der Waals surface area (Å²) in [5.41, 5.74) is 6.02. The van der Waals surface area contributed by atoms with Crippen molar-refractivity contribution in [1.82, 2.24) is 10.2 Å². The monoisotopic (exact) mass is 245 g/mol. The molecule has 0 saturated carbocycles. The summed E-state index contributed by atoms with van der Waals surface area (Å²) in [6, 6.07) is 4.75. The van der Waals surface area contributed by atoms with Gasteiger partial charge in [-0.3, -0.25) is 5.10 Å². The molecule has 78 valence electrons. The average molecular weight is 246 g/mol. The number of aromatic amines is 1. The first-order valence-electron chi connectivity index (χ1n) is 4.04. The molecule has 0 atom stereocenters. The van der Waals surface area contributed by atoms with Crippen LogP contribution in [0, 0.1) is 5.82 Å². The summed E-state index contributed by atoms with van der Waals surface area (Å²) < 4.78 is 13.4. The first kappa shape index (κ1) is 10.3. The Morgan fingerprint density at radius 2 is 2.00 bits per heavy atom. The maximum Gasteiger partial charge on any atom is 0.192 e. The fourth-order valence-corrected chi connectivity index (χ4v) is 1.48. The van der Waals surface area contributed by atoms with Crippen LogP contribution in [-0.2, 0) is 0 Å². The number of nitrogens with one attached hydrogen (secondary N) is 1. The van der Waals surface area contributed by atoms with Gasteiger partial charge in [0.2, 0.25) is 0 Å². The number of hydrogen-bond donors (Lipinski definition) is 2. The van der Waals surface area contributed by atoms with E-state index in [2.05, 4.69) is 10.2 Å². The van der Waals surface area contributed by atoms with Crippen LogP contribution in [0.3, 0.4) is 0 Å². The van der Waals surface area contributed by atoms with Crippen LogP contribution in [0.15, 0.2) is 18.2 Å². The zero-order chi connectivity index (χ0) is 11.0. The van der Waals surface area contributed by atoms with Gasteiger partial charge in [0.05, 0.1) is 10.0 Å². The summed E-state index contributed by atoms with van der Waals surface area (Å²) in [4.78, 5) is 0. The van der Waals surface area contributed by atoms with E-state index in [4.69, 9.17) is 28.9 Å². The van der Waals surface area contributed by atoms with E-state index < -0.39 is 5.82 Å². The largest absolute Gasteiger partial charge is 0.380 e. The smallest absolute Gasteiger partial charge is 0.192 e. The molecule has 15 heavy (non-hydrogen) atoms. The number of nitrogen functional groups attached to an aromatic ring is 1. The molecule has 6 heteroatoms. The highest BCUT2D eigenvalue weighted by Crippen LogP contribution is 2.29. The van der Waals surface area contributed by atoms with Gasteiger partial charge in [0.15, 0.2) is 11.6 Å². The van der Waals surface area contributed by atoms with Gasteiger partial charge in [-0.15, -0.1) is 0 Å². The first-order chi connectivity index (χ1) is 7.09. The number of anilines is 1. The van der Waals surface area contributed by atoms with E-state index in [9.17, 15) is 4.39 Å². The number of benzene rings is 1. The lowest BCUT2D eigenvalue weighted by molar-refractivity contribution is 0.636. The summed E-state index contributed by atoms with van der Waals surface area (Å²) in [5.74, 6) is -0.760. The van der Waals surface area contributed by atoms with Crippen molar-refractivity contribution in [1.29, 1.82) is 0 Å². The Labute approximate surface area is 95.0 Å². The number of nitrogens with zero attached hydrogens (tertiary/aromatic N) is 1. The molecule has 0 radical (unpaired) electrons. The van der Waals surface area contributed by atoms with Crippen LogP contribution in [-0.4, -0.2) is 10.2 Å². The van der Waals surface area contributed by atoms with Gasteiger partial charge in [-0.05, 0) is 12.1 Å². The Morgan fingerprint density at radius 1 is 1.27 bits per heavy atom. The minimum absolute atomic E-state index is 0.170. The third-order valence-electron chi connectivity index (χ3n) is 1.94. The van der Waals surface area contributed by atoms with Crippen LogP contribution in [0.25, 0.3) is 11.3 Å². The van der Waals surface area contributed by atoms with Gasteiger partial charge in [-0.1, -0.05) is 29.3 Å². The van der Waals surface area contributed by atoms with Crippen molar-refractivity contribution < 1.29 is 4.39 Å². The molecule has 3 nitrogen and oxygen atoms in total. The molecule has 1 aromatic carbocycles. The highest BCUT2D eigenvalue weighted by atomic mass is 35.5. The number of hydrogen-bond acceptors (Lipinski definition) is 2. The van der Waals surface area contributed by atoms with Gasteiger partial charge in [-0.2, -0.15) is 5.10 Å². The molecule has 0 amide bonds. The Morgan fingerprint density at radius 3 is 2.53 bits per heavy atom. The summed E-state index contributed by atoms with van der Waals surface area (Å²) in [6.45, 7) is 0. The number of H-pyrrole nitrogens is 1. The summed E-state index contributed by atoms with van der Waals surface area (Å²) in [7, 11) is 0. The molecule has 0 aliphatic carbocycles. The lowest BCUT2D eigenvalue weighted by atomic mass is 10.1. The topological polar surface area (TPSA) is 54.7 Å². The van der Waals surface area contributed by atoms with Gasteiger partial charge >= 0.3 is 0 Å². The predicted octanol–water partition coefficient (Wildman–Crippen LogP) is 3.10. The van der Waals surface area contributed by atoms with E-state index in [1.165, 1.54) is 0 Å². The molecule has 0 bridgehead atoms. The second-order valence-electron chi connectivity index (χ2n) is 2.93. The van der Waals surface area contributed by atoms with Crippen molar-refractivity contribution >= 4 is 29.0 Å². The number of rotatable bonds is 1. The van der Waals surface area contributed by atoms with Crippen LogP contribution in [0.1, 0.15) is 0 Å². The number of aromatic nitrogens is 2. The highest BCUT2D eigenvalue weighted by Gasteiger charge is 2.12. The maximum absolute atomic E-state index is 13.4. The molecule has 0 aliphatic rings. The fourth-order valence-electron chi connectivity index (χ4n) is 1.19. The van der Waals surface area contributed by atoms with E-state index in [0.29, 0.717) is 15.6 Å². The van der Waals surface area contributed by atoms with Crippen molar-refractivity contribution in [3.8, 4) is 11.3 Å². The standard InChI is InChI=1S/C9H6Cl2FN3/c10-5-2-1-4(3-6(5)11)8-7(12)9(13)15-14-8/h1-3H,(H3,13,14,15). The molecule has 0 aliphatic heterocycles. The molecule has 3 N–H and O–H groups in total. The molecule has 0 spiro atoms. The second-order valence-corrected chi connectivity index (χ2v) is 3.74.